The van der Waals surface area contributed by atoms with Gasteiger partial charge in [-0.3, -0.25) is 0 Å². The van der Waals surface area contributed by atoms with E-state index in [4.69, 9.17) is 10.2 Å². The molecule has 4 heteroatoms. The molecule has 1 heterocycles. The largest absolute Gasteiger partial charge is 0.503 e. The van der Waals surface area contributed by atoms with Gasteiger partial charge >= 0.3 is 0 Å². The van der Waals surface area contributed by atoms with Crippen molar-refractivity contribution in [3.8, 4) is 10.8 Å². The van der Waals surface area contributed by atoms with Gasteiger partial charge in [0.25, 0.3) is 0 Å². The van der Waals surface area contributed by atoms with Crippen LogP contribution < -0.4 is 0 Å². The van der Waals surface area contributed by atoms with Gasteiger partial charge in [0.05, 0.1) is 6.20 Å². The van der Waals surface area contributed by atoms with Gasteiger partial charge in [-0.25, -0.2) is 0 Å². The maximum atomic E-state index is 8.47. The fourth-order valence-corrected chi connectivity index (χ4v) is 0.627. The van der Waals surface area contributed by atoms with Crippen LogP contribution in [-0.4, -0.2) is 14.6 Å². The molecule has 0 aromatic carbocycles. The first-order chi connectivity index (χ1) is 3.30. The number of rotatable bonds is 0. The molecule has 0 spiro atoms. The highest BCUT2D eigenvalue weighted by Crippen LogP contribution is 2.26. The Bertz CT molecular complexity index is 145. The molecule has 0 fully saturated rings. The van der Waals surface area contributed by atoms with Crippen molar-refractivity contribution in [3.05, 3.63) is 6.20 Å². The quantitative estimate of drug-likeness (QED) is 0.522. The summed E-state index contributed by atoms with van der Waals surface area (Å²) in [6.45, 7) is 0. The van der Waals surface area contributed by atoms with Gasteiger partial charge in [-0.15, -0.1) is 0 Å². The van der Waals surface area contributed by atoms with Crippen LogP contribution in [0.3, 0.4) is 0 Å². The van der Waals surface area contributed by atoms with E-state index < -0.39 is 0 Å². The first kappa shape index (κ1) is 4.39. The number of aromatic hydroxyl groups is 2. The van der Waals surface area contributed by atoms with Gasteiger partial charge in [0.1, 0.15) is 0 Å². The van der Waals surface area contributed by atoms with Crippen molar-refractivity contribution in [1.82, 2.24) is 4.37 Å². The minimum absolute atomic E-state index is 0.125. The highest BCUT2D eigenvalue weighted by atomic mass is 32.1. The molecule has 1 rings (SSSR count). The van der Waals surface area contributed by atoms with Crippen LogP contribution in [0.5, 0.6) is 10.8 Å². The minimum Gasteiger partial charge on any atom is -0.503 e. The maximum Gasteiger partial charge on any atom is 0.233 e. The first-order valence-electron chi connectivity index (χ1n) is 1.63. The third-order valence-corrected chi connectivity index (χ3v) is 1.13. The molecule has 0 radical (unpaired) electrons. The molecule has 2 N–H and O–H groups in total. The third kappa shape index (κ3) is 0.640. The second-order valence-electron chi connectivity index (χ2n) is 1.02. The van der Waals surface area contributed by atoms with Gasteiger partial charge < -0.3 is 10.2 Å². The van der Waals surface area contributed by atoms with Gasteiger partial charge in [-0.2, -0.15) is 4.37 Å². The topological polar surface area (TPSA) is 53.4 Å². The summed E-state index contributed by atoms with van der Waals surface area (Å²) in [5.74, 6) is -0.148. The maximum absolute atomic E-state index is 8.47. The zero-order valence-electron chi connectivity index (χ0n) is 3.33. The summed E-state index contributed by atoms with van der Waals surface area (Å²) in [6, 6.07) is 0. The summed E-state index contributed by atoms with van der Waals surface area (Å²) >= 11 is 0.860. The summed E-state index contributed by atoms with van der Waals surface area (Å²) in [7, 11) is 0. The average molecular weight is 117 g/mol. The Morgan fingerprint density at radius 1 is 1.57 bits per heavy atom. The van der Waals surface area contributed by atoms with Crippen molar-refractivity contribution in [2.45, 2.75) is 0 Å². The Balaban J connectivity index is 3.12. The van der Waals surface area contributed by atoms with Gasteiger partial charge in [0.15, 0.2) is 5.75 Å². The molecule has 0 amide bonds. The minimum atomic E-state index is -0.148. The van der Waals surface area contributed by atoms with E-state index >= 15 is 0 Å². The molecule has 0 saturated heterocycles. The van der Waals surface area contributed by atoms with Crippen molar-refractivity contribution >= 4 is 11.5 Å². The molecule has 3 nitrogen and oxygen atoms in total. The van der Waals surface area contributed by atoms with E-state index in [0.717, 1.165) is 11.5 Å². The van der Waals surface area contributed by atoms with Gasteiger partial charge in [-0.05, 0) is 0 Å². The Morgan fingerprint density at radius 3 is 2.43 bits per heavy atom. The molecule has 0 aliphatic carbocycles. The second kappa shape index (κ2) is 1.38. The van der Waals surface area contributed by atoms with Gasteiger partial charge in [0, 0.05) is 11.5 Å². The summed E-state index contributed by atoms with van der Waals surface area (Å²) in [5.41, 5.74) is 0. The predicted octanol–water partition coefficient (Wildman–Crippen LogP) is 0.554. The van der Waals surface area contributed by atoms with Crippen LogP contribution in [0.2, 0.25) is 0 Å². The first-order valence-corrected chi connectivity index (χ1v) is 2.40. The Hall–Kier alpha value is -0.770. The van der Waals surface area contributed by atoms with E-state index in [9.17, 15) is 0 Å². The predicted molar refractivity (Wildman–Crippen MR) is 25.4 cm³/mol. The normalized spacial score (nSPS) is 9.14. The molecule has 38 valence electrons. The molecule has 0 saturated carbocycles. The van der Waals surface area contributed by atoms with Crippen LogP contribution in [0.4, 0.5) is 0 Å². The number of hydrogen-bond donors (Lipinski definition) is 2. The van der Waals surface area contributed by atoms with E-state index in [2.05, 4.69) is 4.37 Å². The lowest BCUT2D eigenvalue weighted by Gasteiger charge is -1.76. The molecule has 1 aromatic rings. The Kier molecular flexibility index (Phi) is 0.867. The third-order valence-electron chi connectivity index (χ3n) is 0.533. The Morgan fingerprint density at radius 2 is 2.29 bits per heavy atom. The lowest BCUT2D eigenvalue weighted by atomic mass is 10.7. The van der Waals surface area contributed by atoms with Crippen LogP contribution in [0.1, 0.15) is 0 Å². The summed E-state index contributed by atoms with van der Waals surface area (Å²) in [5, 5.41) is 16.8. The fourth-order valence-electron chi connectivity index (χ4n) is 0.228. The number of aromatic nitrogens is 1. The SMILES string of the molecule is Oc1cnsc1O. The average Bonchev–Trinajstić information content (AvgIpc) is 1.91. The van der Waals surface area contributed by atoms with E-state index in [0.29, 0.717) is 0 Å². The summed E-state index contributed by atoms with van der Waals surface area (Å²) in [4.78, 5) is 0. The summed E-state index contributed by atoms with van der Waals surface area (Å²) in [6.07, 6.45) is 1.19. The highest BCUT2D eigenvalue weighted by Gasteiger charge is 1.96. The molecule has 0 aliphatic rings. The molecular weight excluding hydrogens is 114 g/mol. The van der Waals surface area contributed by atoms with E-state index in [-0.39, 0.29) is 10.8 Å². The van der Waals surface area contributed by atoms with Crippen LogP contribution in [0.25, 0.3) is 0 Å². The van der Waals surface area contributed by atoms with Crippen molar-refractivity contribution in [3.63, 3.8) is 0 Å². The Labute approximate surface area is 44.0 Å². The van der Waals surface area contributed by atoms with Crippen molar-refractivity contribution in [1.29, 1.82) is 0 Å². The van der Waals surface area contributed by atoms with Crippen molar-refractivity contribution in [2.75, 3.05) is 0 Å². The van der Waals surface area contributed by atoms with E-state index in [1.807, 2.05) is 0 Å². The zero-order valence-corrected chi connectivity index (χ0v) is 4.14. The van der Waals surface area contributed by atoms with Crippen LogP contribution in [0, 0.1) is 0 Å². The lowest BCUT2D eigenvalue weighted by Crippen LogP contribution is -1.49. The van der Waals surface area contributed by atoms with Crippen LogP contribution in [0.15, 0.2) is 6.20 Å². The monoisotopic (exact) mass is 117 g/mol. The molecule has 7 heavy (non-hydrogen) atoms. The number of nitrogens with zero attached hydrogens (tertiary/aromatic N) is 1. The van der Waals surface area contributed by atoms with Crippen LogP contribution in [-0.2, 0) is 0 Å². The zero-order chi connectivity index (χ0) is 5.28. The van der Waals surface area contributed by atoms with Gasteiger partial charge in [-0.1, -0.05) is 0 Å². The number of hydrogen-bond acceptors (Lipinski definition) is 4. The van der Waals surface area contributed by atoms with Crippen molar-refractivity contribution < 1.29 is 10.2 Å². The summed E-state index contributed by atoms with van der Waals surface area (Å²) < 4.78 is 3.46. The standard InChI is InChI=1S/C3H3NO2S/c5-2-1-4-7-3(2)6/h1,5-6H. The highest BCUT2D eigenvalue weighted by molar-refractivity contribution is 7.07. The van der Waals surface area contributed by atoms with Crippen LogP contribution >= 0.6 is 11.5 Å². The molecule has 1 aromatic heterocycles. The van der Waals surface area contributed by atoms with E-state index in [1.54, 1.807) is 0 Å². The molecule has 0 bridgehead atoms. The molecule has 0 unspecified atom stereocenters. The van der Waals surface area contributed by atoms with E-state index in [1.165, 1.54) is 6.20 Å². The lowest BCUT2D eigenvalue weighted by molar-refractivity contribution is 0.415. The van der Waals surface area contributed by atoms with Gasteiger partial charge in [0.2, 0.25) is 5.06 Å². The fraction of sp³-hybridized carbons (Fsp3) is 0. The second-order valence-corrected chi connectivity index (χ2v) is 1.80. The van der Waals surface area contributed by atoms with Crippen molar-refractivity contribution in [2.24, 2.45) is 0 Å². The smallest absolute Gasteiger partial charge is 0.233 e. The molecule has 0 aliphatic heterocycles. The molecular formula is C3H3NO2S. The molecule has 0 atom stereocenters.